The van der Waals surface area contributed by atoms with E-state index in [2.05, 4.69) is 15.5 Å². The second kappa shape index (κ2) is 9.90. The molecule has 8 nitrogen and oxygen atoms in total. The summed E-state index contributed by atoms with van der Waals surface area (Å²) in [5, 5.41) is 13.5. The average Bonchev–Trinajstić information content (AvgIpc) is 3.29. The number of benzene rings is 3. The number of nitrogens with two attached hydrogens (primary N) is 1. The molecule has 11 heteroatoms. The summed E-state index contributed by atoms with van der Waals surface area (Å²) < 4.78 is 33.2. The molecule has 0 aliphatic heterocycles. The first-order chi connectivity index (χ1) is 14.8. The van der Waals surface area contributed by atoms with Crippen LogP contribution in [0.25, 0.3) is 10.8 Å². The third kappa shape index (κ3) is 5.23. The molecular weight excluding hydrogens is 459 g/mol. The number of thiophene rings is 1. The molecule has 4 N–H and O–H groups in total. The molecular formula is C21H17N4NaO4S2. The van der Waals surface area contributed by atoms with E-state index in [-0.39, 0.29) is 51.7 Å². The molecule has 0 unspecified atom stereocenters. The molecule has 0 aliphatic carbocycles. The van der Waals surface area contributed by atoms with Crippen LogP contribution in [0.2, 0.25) is 0 Å². The maximum atomic E-state index is 12.1. The van der Waals surface area contributed by atoms with Crippen molar-refractivity contribution in [3.63, 3.8) is 0 Å². The van der Waals surface area contributed by atoms with Crippen LogP contribution in [-0.2, 0) is 10.1 Å². The van der Waals surface area contributed by atoms with Gasteiger partial charge in [0.2, 0.25) is 0 Å². The zero-order chi connectivity index (χ0) is 22.0. The summed E-state index contributed by atoms with van der Waals surface area (Å²) in [5.74, 6) is -0.203. The van der Waals surface area contributed by atoms with Gasteiger partial charge in [-0.3, -0.25) is 9.35 Å². The number of azo groups is 1. The number of hydrogen-bond donors (Lipinski definition) is 3. The summed E-state index contributed by atoms with van der Waals surface area (Å²) in [6.45, 7) is 0. The van der Waals surface area contributed by atoms with Crippen LogP contribution in [0.5, 0.6) is 0 Å². The summed E-state index contributed by atoms with van der Waals surface area (Å²) in [6.07, 6.45) is 0. The molecule has 158 valence electrons. The molecule has 1 heterocycles. The van der Waals surface area contributed by atoms with E-state index in [1.165, 1.54) is 17.4 Å². The van der Waals surface area contributed by atoms with Gasteiger partial charge in [0.15, 0.2) is 0 Å². The number of nitrogen functional groups attached to an aromatic ring is 1. The summed E-state index contributed by atoms with van der Waals surface area (Å²) >= 11 is 1.35. The summed E-state index contributed by atoms with van der Waals surface area (Å²) in [6, 6.07) is 17.9. The Balaban J connectivity index is 0.00000289. The topological polar surface area (TPSA) is 134 Å². The van der Waals surface area contributed by atoms with Gasteiger partial charge in [0.05, 0.1) is 16.3 Å². The Bertz CT molecular complexity index is 1400. The van der Waals surface area contributed by atoms with E-state index in [0.717, 1.165) is 0 Å². The molecule has 3 aromatic carbocycles. The minimum atomic E-state index is -4.48. The van der Waals surface area contributed by atoms with Crippen LogP contribution in [0.3, 0.4) is 0 Å². The fourth-order valence-corrected chi connectivity index (χ4v) is 4.31. The Kier molecular flexibility index (Phi) is 7.44. The van der Waals surface area contributed by atoms with Crippen molar-refractivity contribution in [3.05, 3.63) is 77.0 Å². The zero-order valence-corrected chi connectivity index (χ0v) is 17.5. The Labute approximate surface area is 210 Å². The van der Waals surface area contributed by atoms with Crippen molar-refractivity contribution in [2.75, 3.05) is 11.1 Å². The predicted octanol–water partition coefficient (Wildman–Crippen LogP) is 4.75. The van der Waals surface area contributed by atoms with E-state index in [1.54, 1.807) is 60.7 Å². The average molecular weight is 477 g/mol. The summed E-state index contributed by atoms with van der Waals surface area (Å²) in [4.78, 5) is 12.4. The van der Waals surface area contributed by atoms with E-state index in [4.69, 9.17) is 5.73 Å². The van der Waals surface area contributed by atoms with E-state index in [0.29, 0.717) is 27.0 Å². The molecule has 0 saturated carbocycles. The van der Waals surface area contributed by atoms with Crippen LogP contribution in [0.1, 0.15) is 9.67 Å². The number of anilines is 2. The second-order valence-corrected chi connectivity index (χ2v) is 8.84. The van der Waals surface area contributed by atoms with Gasteiger partial charge in [-0.2, -0.15) is 13.5 Å². The Morgan fingerprint density at radius 1 is 0.969 bits per heavy atom. The number of nitrogens with one attached hydrogen (secondary N) is 1. The van der Waals surface area contributed by atoms with E-state index >= 15 is 0 Å². The number of carbonyl (C=O) groups is 1. The van der Waals surface area contributed by atoms with Gasteiger partial charge in [0.25, 0.3) is 16.0 Å². The Morgan fingerprint density at radius 2 is 1.66 bits per heavy atom. The number of nitrogens with zero attached hydrogens (tertiary/aromatic N) is 2. The molecule has 4 rings (SSSR count). The van der Waals surface area contributed by atoms with Gasteiger partial charge >= 0.3 is 29.6 Å². The first-order valence-electron chi connectivity index (χ1n) is 8.98. The Hall–Kier alpha value is -2.60. The summed E-state index contributed by atoms with van der Waals surface area (Å²) in [7, 11) is -4.48. The van der Waals surface area contributed by atoms with Crippen LogP contribution in [0.15, 0.2) is 87.2 Å². The molecule has 0 bridgehead atoms. The predicted molar refractivity (Wildman–Crippen MR) is 128 cm³/mol. The van der Waals surface area contributed by atoms with Gasteiger partial charge in [0, 0.05) is 16.5 Å². The standard InChI is InChI=1S/C21H16N4O4S2.Na.H/c22-20-16-5-2-1-4-15(16)19(31(27,28)29)12-17(20)25-24-14-9-7-13(8-10-14)23-21(26)18-6-3-11-30-18;;/h1-12H,22H2,(H,23,26)(H,27,28,29);;. The molecule has 0 fully saturated rings. The fourth-order valence-electron chi connectivity index (χ4n) is 2.97. The SMILES string of the molecule is Nc1c(N=Nc2ccc(NC(=O)c3cccs3)cc2)cc(S(=O)(=O)O)c2ccccc12.[NaH]. The van der Waals surface area contributed by atoms with Crippen LogP contribution >= 0.6 is 11.3 Å². The normalized spacial score (nSPS) is 11.4. The zero-order valence-electron chi connectivity index (χ0n) is 15.9. The van der Waals surface area contributed by atoms with Gasteiger partial charge in [0.1, 0.15) is 10.6 Å². The van der Waals surface area contributed by atoms with Crippen molar-refractivity contribution in [2.24, 2.45) is 10.2 Å². The molecule has 0 saturated heterocycles. The van der Waals surface area contributed by atoms with Gasteiger partial charge in [-0.25, -0.2) is 0 Å². The van der Waals surface area contributed by atoms with Crippen LogP contribution in [0.4, 0.5) is 22.7 Å². The number of amides is 1. The number of hydrogen-bond acceptors (Lipinski definition) is 7. The maximum absolute atomic E-state index is 12.1. The van der Waals surface area contributed by atoms with E-state index in [9.17, 15) is 17.8 Å². The summed E-state index contributed by atoms with van der Waals surface area (Å²) in [5.41, 5.74) is 7.56. The fraction of sp³-hybridized carbons (Fsp3) is 0. The molecule has 0 atom stereocenters. The van der Waals surface area contributed by atoms with Crippen molar-refractivity contribution in [2.45, 2.75) is 4.90 Å². The molecule has 1 aromatic heterocycles. The van der Waals surface area contributed by atoms with Gasteiger partial charge < -0.3 is 11.1 Å². The molecule has 0 radical (unpaired) electrons. The second-order valence-electron chi connectivity index (χ2n) is 6.51. The molecule has 0 aliphatic rings. The third-order valence-corrected chi connectivity index (χ3v) is 6.21. The first-order valence-corrected chi connectivity index (χ1v) is 11.3. The van der Waals surface area contributed by atoms with Crippen LogP contribution in [0, 0.1) is 0 Å². The van der Waals surface area contributed by atoms with Gasteiger partial charge in [-0.15, -0.1) is 16.5 Å². The minimum absolute atomic E-state index is 0. The number of fused-ring (bicyclic) bond motifs is 1. The van der Waals surface area contributed by atoms with Gasteiger partial charge in [-0.05, 0) is 41.8 Å². The van der Waals surface area contributed by atoms with Crippen molar-refractivity contribution in [3.8, 4) is 0 Å². The van der Waals surface area contributed by atoms with E-state index in [1.807, 2.05) is 5.38 Å². The van der Waals surface area contributed by atoms with E-state index < -0.39 is 10.1 Å². The molecule has 1 amide bonds. The number of rotatable bonds is 5. The first kappa shape index (κ1) is 24.1. The van der Waals surface area contributed by atoms with Crippen molar-refractivity contribution in [1.29, 1.82) is 0 Å². The third-order valence-electron chi connectivity index (χ3n) is 4.45. The number of carbonyl (C=O) groups excluding carboxylic acids is 1. The van der Waals surface area contributed by atoms with Crippen LogP contribution < -0.4 is 11.1 Å². The quantitative estimate of drug-likeness (QED) is 0.165. The van der Waals surface area contributed by atoms with Crippen LogP contribution in [-0.4, -0.2) is 48.4 Å². The Morgan fingerprint density at radius 3 is 2.28 bits per heavy atom. The monoisotopic (exact) mass is 476 g/mol. The molecule has 32 heavy (non-hydrogen) atoms. The van der Waals surface area contributed by atoms with Crippen molar-refractivity contribution < 1.29 is 17.8 Å². The molecule has 0 spiro atoms. The van der Waals surface area contributed by atoms with Crippen molar-refractivity contribution in [1.82, 2.24) is 0 Å². The molecule has 4 aromatic rings. The van der Waals surface area contributed by atoms with Gasteiger partial charge in [-0.1, -0.05) is 30.3 Å². The van der Waals surface area contributed by atoms with Crippen molar-refractivity contribution >= 4 is 90.4 Å².